The third-order valence-corrected chi connectivity index (χ3v) is 1.97. The quantitative estimate of drug-likeness (QED) is 0.581. The molecule has 1 fully saturated rings. The van der Waals surface area contributed by atoms with Crippen LogP contribution in [0.4, 0.5) is 52.7 Å². The van der Waals surface area contributed by atoms with Crippen molar-refractivity contribution in [1.29, 1.82) is 0 Å². The summed E-state index contributed by atoms with van der Waals surface area (Å²) in [6.45, 7) is 0. The lowest BCUT2D eigenvalue weighted by Crippen LogP contribution is -2.60. The van der Waals surface area contributed by atoms with Crippen molar-refractivity contribution >= 4 is 0 Å². The molecule has 1 aliphatic rings. The van der Waals surface area contributed by atoms with E-state index in [4.69, 9.17) is 0 Å². The lowest BCUT2D eigenvalue weighted by Gasteiger charge is -2.32. The van der Waals surface area contributed by atoms with E-state index in [9.17, 15) is 52.7 Å². The molecule has 120 valence electrons. The summed E-state index contributed by atoms with van der Waals surface area (Å²) in [6, 6.07) is 0. The van der Waals surface area contributed by atoms with Crippen LogP contribution in [0.5, 0.6) is 0 Å². The van der Waals surface area contributed by atoms with Crippen molar-refractivity contribution in [3.8, 4) is 0 Å². The highest BCUT2D eigenvalue weighted by molar-refractivity contribution is 5.02. The largest absolute Gasteiger partial charge is 0.458 e. The van der Waals surface area contributed by atoms with E-state index in [0.29, 0.717) is 0 Å². The predicted molar refractivity (Wildman–Crippen MR) is 31.9 cm³/mol. The minimum Gasteiger partial charge on any atom is -0.263 e. The zero-order valence-electron chi connectivity index (χ0n) is 8.35. The maximum Gasteiger partial charge on any atom is 0.458 e. The van der Waals surface area contributed by atoms with Gasteiger partial charge < -0.3 is 0 Å². The Labute approximate surface area is 99.8 Å². The van der Waals surface area contributed by atoms with Gasteiger partial charge in [-0.3, -0.25) is 9.47 Å². The molecule has 1 rings (SSSR count). The van der Waals surface area contributed by atoms with E-state index in [1.165, 1.54) is 0 Å². The number of hydrogen-bond donors (Lipinski definition) is 0. The molecule has 1 atom stereocenters. The molecular formula is C6F12O2. The van der Waals surface area contributed by atoms with E-state index in [1.54, 1.807) is 4.74 Å². The first-order valence-electron chi connectivity index (χ1n) is 4.08. The highest BCUT2D eigenvalue weighted by Gasteiger charge is 2.92. The van der Waals surface area contributed by atoms with Gasteiger partial charge in [0.2, 0.25) is 0 Å². The van der Waals surface area contributed by atoms with E-state index in [1.807, 2.05) is 0 Å². The van der Waals surface area contributed by atoms with Gasteiger partial charge in [-0.05, 0) is 0 Å². The van der Waals surface area contributed by atoms with Gasteiger partial charge >= 0.3 is 36.3 Å². The van der Waals surface area contributed by atoms with E-state index >= 15 is 0 Å². The van der Waals surface area contributed by atoms with E-state index in [2.05, 4.69) is 4.74 Å². The van der Waals surface area contributed by atoms with Crippen molar-refractivity contribution < 1.29 is 62.2 Å². The van der Waals surface area contributed by atoms with E-state index < -0.39 is 36.3 Å². The smallest absolute Gasteiger partial charge is 0.263 e. The second-order valence-electron chi connectivity index (χ2n) is 3.42. The van der Waals surface area contributed by atoms with Crippen LogP contribution in [0.3, 0.4) is 0 Å². The van der Waals surface area contributed by atoms with Crippen LogP contribution < -0.4 is 0 Å². The molecule has 20 heavy (non-hydrogen) atoms. The Bertz CT molecular complexity index is 382. The van der Waals surface area contributed by atoms with Crippen molar-refractivity contribution in [3.63, 3.8) is 0 Å². The van der Waals surface area contributed by atoms with Gasteiger partial charge in [0.15, 0.2) is 0 Å². The summed E-state index contributed by atoms with van der Waals surface area (Å²) in [5.41, 5.74) is 0. The molecule has 0 radical (unpaired) electrons. The van der Waals surface area contributed by atoms with Crippen LogP contribution in [0.2, 0.25) is 0 Å². The van der Waals surface area contributed by atoms with Crippen LogP contribution in [-0.2, 0) is 9.47 Å². The van der Waals surface area contributed by atoms with Crippen LogP contribution in [0.25, 0.3) is 0 Å². The summed E-state index contributed by atoms with van der Waals surface area (Å²) in [4.78, 5) is 0. The molecule has 14 heteroatoms. The Balaban J connectivity index is 3.17. The van der Waals surface area contributed by atoms with E-state index in [-0.39, 0.29) is 0 Å². The maximum absolute atomic E-state index is 12.7. The molecule has 0 spiro atoms. The van der Waals surface area contributed by atoms with Gasteiger partial charge in [-0.2, -0.15) is 52.7 Å². The standard InChI is InChI=1S/C6F12O2/c7-1(3(9,10)11,4(12,13)14)19-5(15,16)2(8)6(17,18)20-2. The number of rotatable bonds is 3. The number of epoxide rings is 1. The minimum absolute atomic E-state index is 1.69. The molecule has 2 nitrogen and oxygen atoms in total. The monoisotopic (exact) mass is 332 g/mol. The molecule has 0 amide bonds. The summed E-state index contributed by atoms with van der Waals surface area (Å²) < 4.78 is 150. The molecule has 0 aromatic rings. The van der Waals surface area contributed by atoms with Gasteiger partial charge in [-0.25, -0.2) is 0 Å². The Hall–Kier alpha value is -0.920. The average molecular weight is 332 g/mol. The Morgan fingerprint density at radius 3 is 1.20 bits per heavy atom. The zero-order chi connectivity index (χ0) is 16.4. The van der Waals surface area contributed by atoms with Gasteiger partial charge in [-0.15, -0.1) is 0 Å². The lowest BCUT2D eigenvalue weighted by molar-refractivity contribution is -0.494. The van der Waals surface area contributed by atoms with Crippen molar-refractivity contribution in [2.24, 2.45) is 0 Å². The SMILES string of the molecule is FC(F)(F)C(F)(OC(F)(F)C1(F)OC1(F)F)C(F)(F)F. The highest BCUT2D eigenvalue weighted by Crippen LogP contribution is 2.63. The highest BCUT2D eigenvalue weighted by atomic mass is 19.4. The first-order valence-corrected chi connectivity index (χ1v) is 4.08. The molecule has 0 aliphatic carbocycles. The third-order valence-electron chi connectivity index (χ3n) is 1.97. The Kier molecular flexibility index (Phi) is 3.29. The Morgan fingerprint density at radius 1 is 0.700 bits per heavy atom. The molecule has 1 unspecified atom stereocenters. The summed E-state index contributed by atoms with van der Waals surface area (Å²) in [7, 11) is 0. The molecule has 0 bridgehead atoms. The summed E-state index contributed by atoms with van der Waals surface area (Å²) in [5, 5.41) is 0. The maximum atomic E-state index is 12.7. The van der Waals surface area contributed by atoms with E-state index in [0.717, 1.165) is 0 Å². The van der Waals surface area contributed by atoms with Crippen LogP contribution in [0.15, 0.2) is 0 Å². The second-order valence-corrected chi connectivity index (χ2v) is 3.42. The van der Waals surface area contributed by atoms with Crippen molar-refractivity contribution in [2.45, 2.75) is 36.3 Å². The van der Waals surface area contributed by atoms with Gasteiger partial charge in [-0.1, -0.05) is 0 Å². The number of halogens is 12. The first kappa shape index (κ1) is 17.1. The van der Waals surface area contributed by atoms with Gasteiger partial charge in [0.25, 0.3) is 0 Å². The van der Waals surface area contributed by atoms with Gasteiger partial charge in [0.1, 0.15) is 0 Å². The molecule has 0 aromatic heterocycles. The summed E-state index contributed by atoms with van der Waals surface area (Å²) in [6.07, 6.45) is -26.3. The summed E-state index contributed by atoms with van der Waals surface area (Å²) in [5.74, 6) is -12.7. The van der Waals surface area contributed by atoms with Crippen LogP contribution in [0.1, 0.15) is 0 Å². The number of ether oxygens (including phenoxy) is 2. The normalized spacial score (nSPS) is 27.6. The molecule has 1 heterocycles. The fourth-order valence-corrected chi connectivity index (χ4v) is 0.899. The van der Waals surface area contributed by atoms with Gasteiger partial charge in [0, 0.05) is 0 Å². The molecule has 1 saturated heterocycles. The molecule has 0 saturated carbocycles. The second kappa shape index (κ2) is 3.84. The van der Waals surface area contributed by atoms with Crippen molar-refractivity contribution in [3.05, 3.63) is 0 Å². The first-order chi connectivity index (χ1) is 8.41. The van der Waals surface area contributed by atoms with Gasteiger partial charge in [0.05, 0.1) is 0 Å². The van der Waals surface area contributed by atoms with Crippen molar-refractivity contribution in [1.82, 2.24) is 0 Å². The fraction of sp³-hybridized carbons (Fsp3) is 1.00. The Morgan fingerprint density at radius 2 is 1.00 bits per heavy atom. The fourth-order valence-electron chi connectivity index (χ4n) is 0.899. The number of hydrogen-bond acceptors (Lipinski definition) is 2. The van der Waals surface area contributed by atoms with Crippen molar-refractivity contribution in [2.75, 3.05) is 0 Å². The lowest BCUT2D eigenvalue weighted by atomic mass is 10.2. The van der Waals surface area contributed by atoms with Crippen LogP contribution >= 0.6 is 0 Å². The van der Waals surface area contributed by atoms with Crippen LogP contribution in [0, 0.1) is 0 Å². The average Bonchev–Trinajstić information content (AvgIpc) is 2.63. The molecule has 0 N–H and O–H groups in total. The molecular weight excluding hydrogens is 332 g/mol. The third kappa shape index (κ3) is 2.17. The predicted octanol–water partition coefficient (Wildman–Crippen LogP) is 3.67. The minimum atomic E-state index is -7.14. The molecule has 1 aliphatic heterocycles. The summed E-state index contributed by atoms with van der Waals surface area (Å²) >= 11 is 0. The van der Waals surface area contributed by atoms with Crippen LogP contribution in [-0.4, -0.2) is 36.3 Å². The zero-order valence-corrected chi connectivity index (χ0v) is 8.35. The topological polar surface area (TPSA) is 21.8 Å². The number of alkyl halides is 12. The molecule has 0 aromatic carbocycles.